The maximum atomic E-state index is 10.8. The van der Waals surface area contributed by atoms with Crippen molar-refractivity contribution in [3.8, 4) is 11.1 Å². The highest BCUT2D eigenvalue weighted by Crippen LogP contribution is 2.40. The summed E-state index contributed by atoms with van der Waals surface area (Å²) < 4.78 is 5.90. The molecule has 0 fully saturated rings. The standard InChI is InChI=1S/C25H20O2/c26-25(27-16-19-10-5-9-17-7-1-3-11-20(17)19)23-14-6-13-22-21-12-4-2-8-18(21)15-24(22)23/h1-14,25-26H,15-16H2. The molecule has 1 aliphatic carbocycles. The van der Waals surface area contributed by atoms with E-state index in [9.17, 15) is 5.11 Å². The highest BCUT2D eigenvalue weighted by Gasteiger charge is 2.23. The van der Waals surface area contributed by atoms with Gasteiger partial charge in [-0.15, -0.1) is 0 Å². The van der Waals surface area contributed by atoms with Gasteiger partial charge in [0.05, 0.1) is 6.61 Å². The fourth-order valence-corrected chi connectivity index (χ4v) is 4.09. The van der Waals surface area contributed by atoms with Crippen LogP contribution in [0.1, 0.15) is 28.5 Å². The minimum Gasteiger partial charge on any atom is -0.364 e. The van der Waals surface area contributed by atoms with Gasteiger partial charge >= 0.3 is 0 Å². The van der Waals surface area contributed by atoms with E-state index in [0.29, 0.717) is 6.61 Å². The van der Waals surface area contributed by atoms with Gasteiger partial charge in [-0.1, -0.05) is 84.9 Å². The molecule has 132 valence electrons. The van der Waals surface area contributed by atoms with E-state index in [1.165, 1.54) is 27.6 Å². The highest BCUT2D eigenvalue weighted by atomic mass is 16.6. The Balaban J connectivity index is 1.42. The molecule has 0 aromatic heterocycles. The van der Waals surface area contributed by atoms with E-state index in [4.69, 9.17) is 4.74 Å². The van der Waals surface area contributed by atoms with E-state index in [2.05, 4.69) is 54.6 Å². The van der Waals surface area contributed by atoms with Crippen LogP contribution in [-0.2, 0) is 17.8 Å². The largest absolute Gasteiger partial charge is 0.364 e. The van der Waals surface area contributed by atoms with E-state index >= 15 is 0 Å². The van der Waals surface area contributed by atoms with Crippen LogP contribution in [0.15, 0.2) is 84.9 Å². The van der Waals surface area contributed by atoms with Crippen LogP contribution in [0.5, 0.6) is 0 Å². The van der Waals surface area contributed by atoms with Gasteiger partial charge in [0.15, 0.2) is 6.29 Å². The molecule has 0 bridgehead atoms. The number of benzene rings is 4. The lowest BCUT2D eigenvalue weighted by Gasteiger charge is -2.17. The monoisotopic (exact) mass is 352 g/mol. The van der Waals surface area contributed by atoms with Gasteiger partial charge in [0.25, 0.3) is 0 Å². The van der Waals surface area contributed by atoms with Crippen LogP contribution in [0.2, 0.25) is 0 Å². The Bertz CT molecular complexity index is 1120. The maximum Gasteiger partial charge on any atom is 0.181 e. The second-order valence-electron chi connectivity index (χ2n) is 7.01. The predicted molar refractivity (Wildman–Crippen MR) is 108 cm³/mol. The molecule has 0 aliphatic heterocycles. The first-order valence-corrected chi connectivity index (χ1v) is 9.27. The smallest absolute Gasteiger partial charge is 0.181 e. The van der Waals surface area contributed by atoms with Crippen LogP contribution in [0.4, 0.5) is 0 Å². The van der Waals surface area contributed by atoms with Crippen molar-refractivity contribution in [3.63, 3.8) is 0 Å². The fourth-order valence-electron chi connectivity index (χ4n) is 4.09. The minimum absolute atomic E-state index is 0.374. The first-order valence-electron chi connectivity index (χ1n) is 9.27. The molecule has 0 saturated carbocycles. The highest BCUT2D eigenvalue weighted by molar-refractivity contribution is 5.85. The zero-order chi connectivity index (χ0) is 18.2. The summed E-state index contributed by atoms with van der Waals surface area (Å²) in [5.41, 5.74) is 6.89. The van der Waals surface area contributed by atoms with E-state index in [-0.39, 0.29) is 0 Å². The minimum atomic E-state index is -0.937. The molecule has 0 amide bonds. The average molecular weight is 352 g/mol. The number of rotatable bonds is 4. The summed E-state index contributed by atoms with van der Waals surface area (Å²) in [5, 5.41) is 13.1. The van der Waals surface area contributed by atoms with Crippen molar-refractivity contribution in [1.29, 1.82) is 0 Å². The van der Waals surface area contributed by atoms with E-state index in [1.807, 2.05) is 30.3 Å². The van der Waals surface area contributed by atoms with Crippen molar-refractivity contribution in [2.24, 2.45) is 0 Å². The summed E-state index contributed by atoms with van der Waals surface area (Å²) >= 11 is 0. The van der Waals surface area contributed by atoms with Gasteiger partial charge in [-0.25, -0.2) is 0 Å². The molecule has 0 radical (unpaired) electrons. The molecule has 0 heterocycles. The average Bonchev–Trinajstić information content (AvgIpc) is 3.11. The van der Waals surface area contributed by atoms with Gasteiger partial charge in [0.1, 0.15) is 0 Å². The van der Waals surface area contributed by atoms with Gasteiger partial charge in [0, 0.05) is 5.56 Å². The Morgan fingerprint density at radius 2 is 1.52 bits per heavy atom. The zero-order valence-electron chi connectivity index (χ0n) is 14.9. The number of hydrogen-bond donors (Lipinski definition) is 1. The topological polar surface area (TPSA) is 29.5 Å². The van der Waals surface area contributed by atoms with E-state index < -0.39 is 6.29 Å². The first-order chi connectivity index (χ1) is 13.3. The number of hydrogen-bond acceptors (Lipinski definition) is 2. The predicted octanol–water partition coefficient (Wildman–Crippen LogP) is 5.62. The molecule has 5 rings (SSSR count). The summed E-state index contributed by atoms with van der Waals surface area (Å²) in [6.07, 6.45) is -0.0932. The Morgan fingerprint density at radius 3 is 2.48 bits per heavy atom. The Morgan fingerprint density at radius 1 is 0.778 bits per heavy atom. The lowest BCUT2D eigenvalue weighted by Crippen LogP contribution is -2.06. The molecule has 4 aromatic carbocycles. The van der Waals surface area contributed by atoms with Crippen molar-refractivity contribution in [2.75, 3.05) is 0 Å². The quantitative estimate of drug-likeness (QED) is 0.425. The SMILES string of the molecule is OC(OCc1cccc2ccccc12)c1cccc2c1Cc1ccccc1-2. The van der Waals surface area contributed by atoms with Crippen molar-refractivity contribution in [1.82, 2.24) is 0 Å². The Kier molecular flexibility index (Phi) is 4.01. The summed E-state index contributed by atoms with van der Waals surface area (Å²) in [5.74, 6) is 0. The lowest BCUT2D eigenvalue weighted by molar-refractivity contribution is -0.112. The van der Waals surface area contributed by atoms with Crippen molar-refractivity contribution in [2.45, 2.75) is 19.3 Å². The summed E-state index contributed by atoms with van der Waals surface area (Å²) in [6.45, 7) is 0.374. The van der Waals surface area contributed by atoms with Crippen LogP contribution >= 0.6 is 0 Å². The molecule has 1 unspecified atom stereocenters. The molecular formula is C25H20O2. The Hall–Kier alpha value is -2.94. The third kappa shape index (κ3) is 2.84. The third-order valence-electron chi connectivity index (χ3n) is 5.43. The van der Waals surface area contributed by atoms with Crippen LogP contribution < -0.4 is 0 Å². The number of ether oxygens (including phenoxy) is 1. The van der Waals surface area contributed by atoms with Gasteiger partial charge in [-0.3, -0.25) is 0 Å². The van der Waals surface area contributed by atoms with Gasteiger partial charge in [-0.2, -0.15) is 0 Å². The normalized spacial score (nSPS) is 13.4. The molecular weight excluding hydrogens is 332 g/mol. The molecule has 1 atom stereocenters. The summed E-state index contributed by atoms with van der Waals surface area (Å²) in [6, 6.07) is 29.0. The molecule has 0 saturated heterocycles. The van der Waals surface area contributed by atoms with Crippen LogP contribution in [0.25, 0.3) is 21.9 Å². The second kappa shape index (κ2) is 6.66. The molecule has 0 spiro atoms. The lowest BCUT2D eigenvalue weighted by atomic mass is 10.0. The van der Waals surface area contributed by atoms with Crippen LogP contribution in [0.3, 0.4) is 0 Å². The fraction of sp³-hybridized carbons (Fsp3) is 0.120. The van der Waals surface area contributed by atoms with Crippen molar-refractivity contribution in [3.05, 3.63) is 107 Å². The number of aliphatic hydroxyl groups is 1. The van der Waals surface area contributed by atoms with Gasteiger partial charge in [-0.05, 0) is 45.0 Å². The number of aliphatic hydroxyl groups excluding tert-OH is 1. The number of fused-ring (bicyclic) bond motifs is 4. The molecule has 2 nitrogen and oxygen atoms in total. The summed E-state index contributed by atoms with van der Waals surface area (Å²) in [7, 11) is 0. The van der Waals surface area contributed by atoms with Gasteiger partial charge < -0.3 is 9.84 Å². The Labute approximate surface area is 158 Å². The molecule has 27 heavy (non-hydrogen) atoms. The zero-order valence-corrected chi connectivity index (χ0v) is 14.9. The van der Waals surface area contributed by atoms with Crippen molar-refractivity contribution >= 4 is 10.8 Å². The van der Waals surface area contributed by atoms with Crippen LogP contribution in [0, 0.1) is 0 Å². The maximum absolute atomic E-state index is 10.8. The second-order valence-corrected chi connectivity index (χ2v) is 7.01. The van der Waals surface area contributed by atoms with E-state index in [1.54, 1.807) is 0 Å². The summed E-state index contributed by atoms with van der Waals surface area (Å²) in [4.78, 5) is 0. The van der Waals surface area contributed by atoms with Crippen molar-refractivity contribution < 1.29 is 9.84 Å². The molecule has 1 N–H and O–H groups in total. The molecule has 4 aromatic rings. The first kappa shape index (κ1) is 16.2. The molecule has 1 aliphatic rings. The van der Waals surface area contributed by atoms with Gasteiger partial charge in [0.2, 0.25) is 0 Å². The van der Waals surface area contributed by atoms with Crippen LogP contribution in [-0.4, -0.2) is 5.11 Å². The third-order valence-corrected chi connectivity index (χ3v) is 5.43. The molecule has 2 heteroatoms. The van der Waals surface area contributed by atoms with E-state index in [0.717, 1.165) is 22.9 Å².